The van der Waals surface area contributed by atoms with Gasteiger partial charge in [0.05, 0.1) is 17.9 Å². The molecule has 1 unspecified atom stereocenters. The van der Waals surface area contributed by atoms with Crippen molar-refractivity contribution in [1.29, 1.82) is 0 Å². The predicted molar refractivity (Wildman–Crippen MR) is 105 cm³/mol. The third-order valence-electron chi connectivity index (χ3n) is 4.57. The third-order valence-corrected chi connectivity index (χ3v) is 5.67. The molecule has 3 heterocycles. The lowest BCUT2D eigenvalue weighted by molar-refractivity contribution is -0.121. The topological polar surface area (TPSA) is 81.8 Å². The van der Waals surface area contributed by atoms with Crippen molar-refractivity contribution in [1.82, 2.24) is 24.6 Å². The van der Waals surface area contributed by atoms with Crippen LogP contribution in [0.1, 0.15) is 26.3 Å². The molecule has 1 aliphatic heterocycles. The van der Waals surface area contributed by atoms with Crippen molar-refractivity contribution in [2.45, 2.75) is 31.5 Å². The highest BCUT2D eigenvalue weighted by molar-refractivity contribution is 7.99. The molecule has 0 spiro atoms. The maximum absolute atomic E-state index is 13.2. The van der Waals surface area contributed by atoms with Gasteiger partial charge in [0.25, 0.3) is 5.56 Å². The molecule has 0 saturated carbocycles. The largest absolute Gasteiger partial charge is 0.356 e. The number of carbonyl (C=O) groups is 1. The summed E-state index contributed by atoms with van der Waals surface area (Å²) in [6.07, 6.45) is 1.71. The number of carbonyl (C=O) groups excluding carboxylic acids is 1. The van der Waals surface area contributed by atoms with Crippen molar-refractivity contribution in [3.05, 3.63) is 46.6 Å². The van der Waals surface area contributed by atoms with E-state index in [0.29, 0.717) is 40.1 Å². The number of hydrogen-bond acceptors (Lipinski definition) is 5. The van der Waals surface area contributed by atoms with Gasteiger partial charge in [-0.15, -0.1) is 0 Å². The molecule has 0 saturated heterocycles. The van der Waals surface area contributed by atoms with Gasteiger partial charge in [-0.1, -0.05) is 25.6 Å². The van der Waals surface area contributed by atoms with E-state index in [4.69, 9.17) is 0 Å². The van der Waals surface area contributed by atoms with E-state index < -0.39 is 0 Å². The van der Waals surface area contributed by atoms with Crippen molar-refractivity contribution in [2.24, 2.45) is 5.92 Å². The fourth-order valence-electron chi connectivity index (χ4n) is 3.16. The Morgan fingerprint density at radius 2 is 2.11 bits per heavy atom. The molecule has 1 N–H and O–H groups in total. The normalized spacial score (nSPS) is 15.9. The zero-order chi connectivity index (χ0) is 19.8. The molecule has 146 valence electrons. The minimum atomic E-state index is -0.344. The Balaban J connectivity index is 1.67. The van der Waals surface area contributed by atoms with Gasteiger partial charge >= 0.3 is 0 Å². The van der Waals surface area contributed by atoms with Crippen LogP contribution in [-0.2, 0) is 4.79 Å². The van der Waals surface area contributed by atoms with Crippen molar-refractivity contribution in [2.75, 3.05) is 12.3 Å². The van der Waals surface area contributed by atoms with Gasteiger partial charge in [-0.2, -0.15) is 5.10 Å². The van der Waals surface area contributed by atoms with Crippen LogP contribution in [0.15, 0.2) is 40.4 Å². The van der Waals surface area contributed by atoms with Gasteiger partial charge < -0.3 is 5.32 Å². The Bertz CT molecular complexity index is 1090. The molecule has 28 heavy (non-hydrogen) atoms. The van der Waals surface area contributed by atoms with Crippen LogP contribution in [0.2, 0.25) is 0 Å². The maximum atomic E-state index is 13.2. The summed E-state index contributed by atoms with van der Waals surface area (Å²) >= 11 is 1.45. The van der Waals surface area contributed by atoms with Gasteiger partial charge in [0, 0.05) is 18.7 Å². The fourth-order valence-corrected chi connectivity index (χ4v) is 4.29. The third kappa shape index (κ3) is 3.42. The number of halogens is 1. The van der Waals surface area contributed by atoms with Crippen LogP contribution in [0, 0.1) is 11.7 Å². The molecule has 1 aliphatic rings. The second kappa shape index (κ2) is 7.38. The van der Waals surface area contributed by atoms with Gasteiger partial charge in [0.1, 0.15) is 11.2 Å². The van der Waals surface area contributed by atoms with E-state index in [2.05, 4.69) is 15.4 Å². The molecule has 0 radical (unpaired) electrons. The molecule has 9 heteroatoms. The maximum Gasteiger partial charge on any atom is 0.265 e. The van der Waals surface area contributed by atoms with Gasteiger partial charge in [0.2, 0.25) is 5.91 Å². The molecule has 2 aromatic heterocycles. The quantitative estimate of drug-likeness (QED) is 0.665. The summed E-state index contributed by atoms with van der Waals surface area (Å²) in [5.41, 5.74) is 0.848. The van der Waals surface area contributed by atoms with Crippen LogP contribution in [0.25, 0.3) is 16.7 Å². The Kier molecular flexibility index (Phi) is 4.92. The summed E-state index contributed by atoms with van der Waals surface area (Å²) < 4.78 is 16.3. The van der Waals surface area contributed by atoms with E-state index >= 15 is 0 Å². The van der Waals surface area contributed by atoms with E-state index in [0.717, 1.165) is 0 Å². The van der Waals surface area contributed by atoms with Crippen LogP contribution in [0.5, 0.6) is 0 Å². The number of rotatable bonds is 5. The molecular formula is C19H20FN5O2S. The van der Waals surface area contributed by atoms with E-state index in [1.807, 2.05) is 13.8 Å². The molecule has 3 aromatic rings. The van der Waals surface area contributed by atoms with E-state index in [1.165, 1.54) is 34.8 Å². The Morgan fingerprint density at radius 1 is 1.36 bits per heavy atom. The molecule has 0 fully saturated rings. The van der Waals surface area contributed by atoms with E-state index in [-0.39, 0.29) is 29.7 Å². The Labute approximate surface area is 165 Å². The zero-order valence-electron chi connectivity index (χ0n) is 15.6. The average Bonchev–Trinajstić information content (AvgIpc) is 3.26. The lowest BCUT2D eigenvalue weighted by Gasteiger charge is -2.14. The lowest BCUT2D eigenvalue weighted by atomic mass is 10.2. The molecular weight excluding hydrogens is 381 g/mol. The standard InChI is InChI=1S/C19H20FN5O2S/c1-11(2)8-21-16(26)7-14-10-28-19-23-17-15(18(27)24(14)19)9-22-25(17)13-5-3-12(20)4-6-13/h3-6,9,11,14H,7-8,10H2,1-2H3,(H,21,26). The average molecular weight is 401 g/mol. The number of nitrogens with one attached hydrogen (secondary N) is 1. The highest BCUT2D eigenvalue weighted by atomic mass is 32.2. The van der Waals surface area contributed by atoms with Crippen LogP contribution < -0.4 is 10.9 Å². The minimum Gasteiger partial charge on any atom is -0.356 e. The summed E-state index contributed by atoms with van der Waals surface area (Å²) in [5, 5.41) is 8.11. The predicted octanol–water partition coefficient (Wildman–Crippen LogP) is 2.53. The highest BCUT2D eigenvalue weighted by Crippen LogP contribution is 2.33. The number of benzene rings is 1. The fraction of sp³-hybridized carbons (Fsp3) is 0.368. The number of aromatic nitrogens is 4. The molecule has 1 atom stereocenters. The van der Waals surface area contributed by atoms with Crippen LogP contribution >= 0.6 is 11.8 Å². The smallest absolute Gasteiger partial charge is 0.265 e. The molecule has 1 amide bonds. The summed E-state index contributed by atoms with van der Waals surface area (Å²) in [4.78, 5) is 29.9. The first-order valence-corrected chi connectivity index (χ1v) is 10.1. The Hall–Kier alpha value is -2.68. The first-order valence-electron chi connectivity index (χ1n) is 9.09. The number of fused-ring (bicyclic) bond motifs is 2. The van der Waals surface area contributed by atoms with Crippen molar-refractivity contribution < 1.29 is 9.18 Å². The lowest BCUT2D eigenvalue weighted by Crippen LogP contribution is -2.32. The first kappa shape index (κ1) is 18.7. The van der Waals surface area contributed by atoms with Gasteiger partial charge in [-0.05, 0) is 30.2 Å². The summed E-state index contributed by atoms with van der Waals surface area (Å²) in [5.74, 6) is 0.577. The molecule has 0 aliphatic carbocycles. The van der Waals surface area contributed by atoms with Gasteiger partial charge in [-0.25, -0.2) is 14.1 Å². The van der Waals surface area contributed by atoms with Crippen molar-refractivity contribution >= 4 is 28.7 Å². The van der Waals surface area contributed by atoms with Gasteiger partial charge in [-0.3, -0.25) is 14.2 Å². The first-order chi connectivity index (χ1) is 13.4. The van der Waals surface area contributed by atoms with E-state index in [9.17, 15) is 14.0 Å². The number of nitrogens with zero attached hydrogens (tertiary/aromatic N) is 4. The summed E-state index contributed by atoms with van der Waals surface area (Å²) in [6, 6.07) is 5.62. The number of amides is 1. The summed E-state index contributed by atoms with van der Waals surface area (Å²) in [6.45, 7) is 4.68. The van der Waals surface area contributed by atoms with Gasteiger partial charge in [0.15, 0.2) is 10.8 Å². The molecule has 1 aromatic carbocycles. The van der Waals surface area contributed by atoms with E-state index in [1.54, 1.807) is 16.7 Å². The highest BCUT2D eigenvalue weighted by Gasteiger charge is 2.29. The second-order valence-electron chi connectivity index (χ2n) is 7.21. The van der Waals surface area contributed by atoms with Crippen molar-refractivity contribution in [3.8, 4) is 5.69 Å². The van der Waals surface area contributed by atoms with Crippen LogP contribution in [0.3, 0.4) is 0 Å². The number of thioether (sulfide) groups is 1. The second-order valence-corrected chi connectivity index (χ2v) is 8.19. The monoisotopic (exact) mass is 401 g/mol. The van der Waals surface area contributed by atoms with Crippen LogP contribution in [-0.4, -0.2) is 37.5 Å². The molecule has 4 rings (SSSR count). The van der Waals surface area contributed by atoms with Crippen LogP contribution in [0.4, 0.5) is 4.39 Å². The minimum absolute atomic E-state index is 0.0684. The Morgan fingerprint density at radius 3 is 2.82 bits per heavy atom. The zero-order valence-corrected chi connectivity index (χ0v) is 16.4. The van der Waals surface area contributed by atoms with Crippen molar-refractivity contribution in [3.63, 3.8) is 0 Å². The SMILES string of the molecule is CC(C)CNC(=O)CC1CSc2nc3c(cnn3-c3ccc(F)cc3)c(=O)n21. The molecule has 7 nitrogen and oxygen atoms in total. The molecule has 0 bridgehead atoms. The number of hydrogen-bond donors (Lipinski definition) is 1. The summed E-state index contributed by atoms with van der Waals surface area (Å²) in [7, 11) is 0.